The van der Waals surface area contributed by atoms with Crippen LogP contribution in [0.2, 0.25) is 0 Å². The summed E-state index contributed by atoms with van der Waals surface area (Å²) in [5.74, 6) is 1.62. The van der Waals surface area contributed by atoms with E-state index >= 15 is 0 Å². The zero-order valence-corrected chi connectivity index (χ0v) is 13.5. The van der Waals surface area contributed by atoms with Gasteiger partial charge in [-0.25, -0.2) is 4.79 Å². The molecule has 2 heterocycles. The van der Waals surface area contributed by atoms with Crippen LogP contribution in [0.15, 0.2) is 42.5 Å². The van der Waals surface area contributed by atoms with Crippen molar-refractivity contribution in [3.63, 3.8) is 0 Å². The van der Waals surface area contributed by atoms with Gasteiger partial charge in [0.1, 0.15) is 5.75 Å². The SMILES string of the molecule is O=C1NC(c2ccccc2)c2c(ccc3c2CCO3)N1CC1CC1. The van der Waals surface area contributed by atoms with Gasteiger partial charge in [-0.1, -0.05) is 30.3 Å². The molecule has 24 heavy (non-hydrogen) atoms. The largest absolute Gasteiger partial charge is 0.493 e. The van der Waals surface area contributed by atoms with E-state index in [4.69, 9.17) is 4.74 Å². The van der Waals surface area contributed by atoms with Gasteiger partial charge in [0.25, 0.3) is 0 Å². The molecule has 0 bridgehead atoms. The third-order valence-corrected chi connectivity index (χ3v) is 5.26. The van der Waals surface area contributed by atoms with Crippen molar-refractivity contribution in [1.29, 1.82) is 0 Å². The quantitative estimate of drug-likeness (QED) is 0.938. The topological polar surface area (TPSA) is 41.6 Å². The molecule has 1 fully saturated rings. The Morgan fingerprint density at radius 3 is 2.75 bits per heavy atom. The lowest BCUT2D eigenvalue weighted by Gasteiger charge is -2.36. The first-order valence-corrected chi connectivity index (χ1v) is 8.73. The van der Waals surface area contributed by atoms with Gasteiger partial charge in [-0.15, -0.1) is 0 Å². The number of carbonyl (C=O) groups is 1. The van der Waals surface area contributed by atoms with Crippen molar-refractivity contribution in [2.45, 2.75) is 25.3 Å². The van der Waals surface area contributed by atoms with Gasteiger partial charge in [0.2, 0.25) is 0 Å². The van der Waals surface area contributed by atoms with Gasteiger partial charge in [-0.3, -0.25) is 4.90 Å². The molecule has 2 aromatic carbocycles. The number of anilines is 1. The number of hydrogen-bond donors (Lipinski definition) is 1. The summed E-state index contributed by atoms with van der Waals surface area (Å²) in [7, 11) is 0. The van der Waals surface area contributed by atoms with Crippen molar-refractivity contribution >= 4 is 11.7 Å². The van der Waals surface area contributed by atoms with Gasteiger partial charge in [0.05, 0.1) is 18.3 Å². The summed E-state index contributed by atoms with van der Waals surface area (Å²) >= 11 is 0. The number of urea groups is 1. The normalized spacial score (nSPS) is 21.8. The minimum atomic E-state index is -0.0965. The molecule has 5 rings (SSSR count). The summed E-state index contributed by atoms with van der Waals surface area (Å²) in [5.41, 5.74) is 4.65. The average molecular weight is 320 g/mol. The number of benzene rings is 2. The molecule has 2 aromatic rings. The van der Waals surface area contributed by atoms with Gasteiger partial charge in [-0.05, 0) is 36.5 Å². The molecule has 4 nitrogen and oxygen atoms in total. The van der Waals surface area contributed by atoms with Gasteiger partial charge < -0.3 is 10.1 Å². The Kier molecular flexibility index (Phi) is 3.05. The standard InChI is InChI=1S/C20H20N2O2/c23-20-21-19(14-4-2-1-3-5-14)18-15-10-11-24-17(15)9-8-16(18)22(20)12-13-6-7-13/h1-5,8-9,13,19H,6-7,10-12H2,(H,21,23). The highest BCUT2D eigenvalue weighted by atomic mass is 16.5. The number of ether oxygens (including phenoxy) is 1. The van der Waals surface area contributed by atoms with E-state index in [0.717, 1.165) is 36.6 Å². The van der Waals surface area contributed by atoms with Crippen LogP contribution in [0.4, 0.5) is 10.5 Å². The van der Waals surface area contributed by atoms with E-state index in [1.807, 2.05) is 29.2 Å². The summed E-state index contributed by atoms with van der Waals surface area (Å²) in [6.07, 6.45) is 3.37. The second-order valence-electron chi connectivity index (χ2n) is 6.92. The van der Waals surface area contributed by atoms with Crippen LogP contribution in [0, 0.1) is 5.92 Å². The van der Waals surface area contributed by atoms with Gasteiger partial charge in [0.15, 0.2) is 0 Å². The van der Waals surface area contributed by atoms with Crippen LogP contribution >= 0.6 is 0 Å². The molecule has 0 saturated heterocycles. The van der Waals surface area contributed by atoms with E-state index in [1.54, 1.807) is 0 Å². The molecule has 1 unspecified atom stereocenters. The number of carbonyl (C=O) groups excluding carboxylic acids is 1. The highest BCUT2D eigenvalue weighted by Gasteiger charge is 2.38. The Hall–Kier alpha value is -2.49. The van der Waals surface area contributed by atoms with Crippen LogP contribution in [0.1, 0.15) is 35.6 Å². The Morgan fingerprint density at radius 1 is 1.12 bits per heavy atom. The van der Waals surface area contributed by atoms with Gasteiger partial charge in [0, 0.05) is 24.1 Å². The van der Waals surface area contributed by atoms with E-state index < -0.39 is 0 Å². The van der Waals surface area contributed by atoms with Crippen LogP contribution in [-0.4, -0.2) is 19.2 Å². The summed E-state index contributed by atoms with van der Waals surface area (Å²) in [6.45, 7) is 1.55. The highest BCUT2D eigenvalue weighted by molar-refractivity contribution is 5.96. The lowest BCUT2D eigenvalue weighted by atomic mass is 9.89. The monoisotopic (exact) mass is 320 g/mol. The van der Waals surface area contributed by atoms with Gasteiger partial charge in [-0.2, -0.15) is 0 Å². The van der Waals surface area contributed by atoms with Crippen molar-refractivity contribution in [3.05, 3.63) is 59.2 Å². The molecule has 122 valence electrons. The summed E-state index contributed by atoms with van der Waals surface area (Å²) in [5, 5.41) is 3.23. The smallest absolute Gasteiger partial charge is 0.322 e. The second-order valence-corrected chi connectivity index (χ2v) is 6.92. The third kappa shape index (κ3) is 2.17. The van der Waals surface area contributed by atoms with E-state index in [-0.39, 0.29) is 12.1 Å². The Morgan fingerprint density at radius 2 is 1.96 bits per heavy atom. The zero-order valence-electron chi connectivity index (χ0n) is 13.5. The van der Waals surface area contributed by atoms with Gasteiger partial charge >= 0.3 is 6.03 Å². The molecule has 0 radical (unpaired) electrons. The Bertz CT molecular complexity index is 799. The summed E-state index contributed by atoms with van der Waals surface area (Å²) in [6, 6.07) is 14.2. The lowest BCUT2D eigenvalue weighted by Crippen LogP contribution is -2.48. The first-order valence-electron chi connectivity index (χ1n) is 8.73. The minimum absolute atomic E-state index is 0.0159. The first-order chi connectivity index (χ1) is 11.8. The molecule has 1 saturated carbocycles. The number of nitrogens with one attached hydrogen (secondary N) is 1. The number of rotatable bonds is 3. The molecular formula is C20H20N2O2. The maximum atomic E-state index is 12.8. The second kappa shape index (κ2) is 5.26. The molecule has 1 N–H and O–H groups in total. The number of nitrogens with zero attached hydrogens (tertiary/aromatic N) is 1. The van der Waals surface area contributed by atoms with Crippen LogP contribution in [-0.2, 0) is 6.42 Å². The molecule has 1 atom stereocenters. The molecule has 3 aliphatic rings. The average Bonchev–Trinajstić information content (AvgIpc) is 3.30. The van der Waals surface area contributed by atoms with Crippen molar-refractivity contribution < 1.29 is 9.53 Å². The predicted octanol–water partition coefficient (Wildman–Crippen LogP) is 3.65. The Balaban J connectivity index is 1.66. The van der Waals surface area contributed by atoms with Crippen molar-refractivity contribution in [2.75, 3.05) is 18.1 Å². The summed E-state index contributed by atoms with van der Waals surface area (Å²) in [4.78, 5) is 14.7. The fraction of sp³-hybridized carbons (Fsp3) is 0.350. The van der Waals surface area contributed by atoms with Crippen LogP contribution in [0.25, 0.3) is 0 Å². The fourth-order valence-corrected chi connectivity index (χ4v) is 3.86. The molecule has 2 aliphatic heterocycles. The van der Waals surface area contributed by atoms with Crippen molar-refractivity contribution in [1.82, 2.24) is 5.32 Å². The van der Waals surface area contributed by atoms with Crippen LogP contribution in [0.5, 0.6) is 5.75 Å². The van der Waals surface area contributed by atoms with Crippen LogP contribution < -0.4 is 15.0 Å². The molecule has 0 aromatic heterocycles. The van der Waals surface area contributed by atoms with E-state index in [1.165, 1.54) is 24.0 Å². The maximum absolute atomic E-state index is 12.8. The minimum Gasteiger partial charge on any atom is -0.493 e. The molecule has 1 aliphatic carbocycles. The third-order valence-electron chi connectivity index (χ3n) is 5.26. The Labute approximate surface area is 141 Å². The number of amides is 2. The van der Waals surface area contributed by atoms with E-state index in [9.17, 15) is 4.79 Å². The summed E-state index contributed by atoms with van der Waals surface area (Å²) < 4.78 is 5.77. The zero-order chi connectivity index (χ0) is 16.1. The molecule has 0 spiro atoms. The molecule has 4 heteroatoms. The van der Waals surface area contributed by atoms with Crippen molar-refractivity contribution in [3.8, 4) is 5.75 Å². The van der Waals surface area contributed by atoms with E-state index in [2.05, 4.69) is 23.5 Å². The first kappa shape index (κ1) is 13.9. The highest BCUT2D eigenvalue weighted by Crippen LogP contribution is 2.44. The maximum Gasteiger partial charge on any atom is 0.322 e. The lowest BCUT2D eigenvalue weighted by molar-refractivity contribution is 0.242. The number of hydrogen-bond acceptors (Lipinski definition) is 2. The molecule has 2 amide bonds. The fourth-order valence-electron chi connectivity index (χ4n) is 3.86. The van der Waals surface area contributed by atoms with Crippen molar-refractivity contribution in [2.24, 2.45) is 5.92 Å². The predicted molar refractivity (Wildman–Crippen MR) is 92.5 cm³/mol. The molecular weight excluding hydrogens is 300 g/mol. The van der Waals surface area contributed by atoms with Crippen LogP contribution in [0.3, 0.4) is 0 Å². The number of fused-ring (bicyclic) bond motifs is 3. The van der Waals surface area contributed by atoms with E-state index in [0.29, 0.717) is 5.92 Å².